The number of rotatable bonds is 7. The molecule has 39 heavy (non-hydrogen) atoms. The number of halogens is 24. The van der Waals surface area contributed by atoms with Gasteiger partial charge in [-0.15, -0.1) is 0 Å². The van der Waals surface area contributed by atoms with Gasteiger partial charge in [0.15, 0.2) is 0 Å². The minimum Gasteiger partial charge on any atom is -0.271 e. The van der Waals surface area contributed by atoms with E-state index in [1.54, 1.807) is 4.74 Å². The summed E-state index contributed by atoms with van der Waals surface area (Å²) in [5.41, 5.74) is -7.90. The van der Waals surface area contributed by atoms with Crippen molar-refractivity contribution in [3.05, 3.63) is 0 Å². The molecular formula is C12F24O3. The molecular weight excluding hydrogens is 648 g/mol. The van der Waals surface area contributed by atoms with Gasteiger partial charge in [-0.25, -0.2) is 8.78 Å². The Morgan fingerprint density at radius 3 is 1.10 bits per heavy atom. The molecule has 0 spiro atoms. The van der Waals surface area contributed by atoms with Gasteiger partial charge >= 0.3 is 72.2 Å². The van der Waals surface area contributed by atoms with Crippen molar-refractivity contribution in [2.45, 2.75) is 72.2 Å². The highest BCUT2D eigenvalue weighted by molar-refractivity contribution is 5.21. The lowest BCUT2D eigenvalue weighted by Gasteiger charge is -2.56. The topological polar surface area (TPSA) is 27.7 Å². The van der Waals surface area contributed by atoms with Crippen LogP contribution in [0.15, 0.2) is 0 Å². The molecule has 1 fully saturated rings. The Kier molecular flexibility index (Phi) is 7.56. The maximum absolute atomic E-state index is 14.3. The summed E-state index contributed by atoms with van der Waals surface area (Å²) in [6.45, 7) is 0. The van der Waals surface area contributed by atoms with Gasteiger partial charge in [-0.1, -0.05) is 0 Å². The van der Waals surface area contributed by atoms with Crippen LogP contribution in [0.3, 0.4) is 0 Å². The van der Waals surface area contributed by atoms with Crippen LogP contribution in [0.1, 0.15) is 0 Å². The van der Waals surface area contributed by atoms with E-state index in [0.29, 0.717) is 0 Å². The van der Waals surface area contributed by atoms with Crippen LogP contribution in [0, 0.1) is 0 Å². The Balaban J connectivity index is 3.92. The van der Waals surface area contributed by atoms with Crippen molar-refractivity contribution in [2.24, 2.45) is 0 Å². The highest BCUT2D eigenvalue weighted by Gasteiger charge is 3.03. The molecule has 0 aromatic carbocycles. The van der Waals surface area contributed by atoms with Gasteiger partial charge in [0.25, 0.3) is 0 Å². The fourth-order valence-corrected chi connectivity index (χ4v) is 2.33. The van der Waals surface area contributed by atoms with Crippen LogP contribution in [0.4, 0.5) is 105 Å². The van der Waals surface area contributed by atoms with Gasteiger partial charge in [-0.05, 0) is 0 Å². The van der Waals surface area contributed by atoms with Crippen LogP contribution >= 0.6 is 0 Å². The molecule has 0 radical (unpaired) electrons. The first-order valence-corrected chi connectivity index (χ1v) is 8.01. The van der Waals surface area contributed by atoms with E-state index in [9.17, 15) is 105 Å². The summed E-state index contributed by atoms with van der Waals surface area (Å²) in [6, 6.07) is 0. The predicted octanol–water partition coefficient (Wildman–Crippen LogP) is 7.42. The van der Waals surface area contributed by atoms with E-state index >= 15 is 0 Å². The maximum atomic E-state index is 14.3. The number of hydrogen-bond acceptors (Lipinski definition) is 3. The van der Waals surface area contributed by atoms with Crippen molar-refractivity contribution in [2.75, 3.05) is 0 Å². The Bertz CT molecular complexity index is 917. The van der Waals surface area contributed by atoms with Crippen LogP contribution in [0.25, 0.3) is 0 Å². The van der Waals surface area contributed by atoms with Gasteiger partial charge in [0.05, 0.1) is 0 Å². The third-order valence-corrected chi connectivity index (χ3v) is 4.28. The minimum absolute atomic E-state index is 0.998. The summed E-state index contributed by atoms with van der Waals surface area (Å²) < 4.78 is 316. The summed E-state index contributed by atoms with van der Waals surface area (Å²) in [7, 11) is 0. The van der Waals surface area contributed by atoms with Gasteiger partial charge in [-0.2, -0.15) is 96.6 Å². The van der Waals surface area contributed by atoms with Crippen LogP contribution < -0.4 is 0 Å². The fourth-order valence-electron chi connectivity index (χ4n) is 2.33. The Hall–Kier alpha value is -1.80. The molecule has 4 unspecified atom stereocenters. The average molecular weight is 648 g/mol. The van der Waals surface area contributed by atoms with Gasteiger partial charge in [0.1, 0.15) is 0 Å². The Morgan fingerprint density at radius 1 is 0.462 bits per heavy atom. The van der Waals surface area contributed by atoms with Crippen molar-refractivity contribution in [3.8, 4) is 0 Å². The predicted molar refractivity (Wildman–Crippen MR) is 62.6 cm³/mol. The molecule has 1 rings (SSSR count). The lowest BCUT2D eigenvalue weighted by molar-refractivity contribution is -0.632. The van der Waals surface area contributed by atoms with Crippen molar-refractivity contribution >= 4 is 0 Å². The molecule has 234 valence electrons. The second kappa shape index (κ2) is 8.37. The summed E-state index contributed by atoms with van der Waals surface area (Å²) >= 11 is 0. The van der Waals surface area contributed by atoms with E-state index in [0.717, 1.165) is 9.47 Å². The SMILES string of the molecule is FC(F)(F)C(F)(F)C(F)(F)OC(F)(C(F)(F)F)C(F)(F)OC(F)(C(F)(F)F)C1(F)OC(F)(F)C1(F)C(F)(F)F. The van der Waals surface area contributed by atoms with Crippen molar-refractivity contribution < 1.29 is 120 Å². The highest BCUT2D eigenvalue weighted by atomic mass is 19.4. The zero-order valence-electron chi connectivity index (χ0n) is 16.3. The van der Waals surface area contributed by atoms with Crippen LogP contribution in [0.2, 0.25) is 0 Å². The van der Waals surface area contributed by atoms with Gasteiger partial charge < -0.3 is 0 Å². The lowest BCUT2D eigenvalue weighted by atomic mass is 9.82. The maximum Gasteiger partial charge on any atom is 0.462 e. The summed E-state index contributed by atoms with van der Waals surface area (Å²) in [5.74, 6) is -33.3. The number of hydrogen-bond donors (Lipinski definition) is 0. The highest BCUT2D eigenvalue weighted by Crippen LogP contribution is 2.70. The van der Waals surface area contributed by atoms with Crippen LogP contribution in [0.5, 0.6) is 0 Å². The number of ether oxygens (including phenoxy) is 3. The van der Waals surface area contributed by atoms with E-state index < -0.39 is 72.2 Å². The lowest BCUT2D eigenvalue weighted by Crippen LogP contribution is -2.88. The molecule has 1 heterocycles. The number of alkyl halides is 24. The Labute approximate surface area is 193 Å². The first-order chi connectivity index (χ1) is 16.4. The summed E-state index contributed by atoms with van der Waals surface area (Å²) in [6.07, 6.45) is -56.8. The van der Waals surface area contributed by atoms with Crippen molar-refractivity contribution in [1.29, 1.82) is 0 Å². The molecule has 1 saturated heterocycles. The molecule has 3 nitrogen and oxygen atoms in total. The first kappa shape index (κ1) is 35.2. The molecule has 0 aliphatic carbocycles. The monoisotopic (exact) mass is 648 g/mol. The zero-order chi connectivity index (χ0) is 32.1. The fraction of sp³-hybridized carbons (Fsp3) is 1.00. The molecule has 1 aliphatic rings. The molecule has 0 bridgehead atoms. The van der Waals surface area contributed by atoms with E-state index in [1.807, 2.05) is 0 Å². The van der Waals surface area contributed by atoms with Crippen molar-refractivity contribution in [1.82, 2.24) is 0 Å². The quantitative estimate of drug-likeness (QED) is 0.269. The third-order valence-electron chi connectivity index (χ3n) is 4.28. The van der Waals surface area contributed by atoms with E-state index in [1.165, 1.54) is 0 Å². The second-order valence-electron chi connectivity index (χ2n) is 6.87. The molecule has 0 aromatic heterocycles. The van der Waals surface area contributed by atoms with E-state index in [4.69, 9.17) is 0 Å². The minimum atomic E-state index is -8.75. The van der Waals surface area contributed by atoms with Gasteiger partial charge in [-0.3, -0.25) is 14.2 Å². The molecule has 0 amide bonds. The molecule has 4 atom stereocenters. The second-order valence-corrected chi connectivity index (χ2v) is 6.87. The summed E-state index contributed by atoms with van der Waals surface area (Å²) in [5, 5.41) is 0. The largest absolute Gasteiger partial charge is 0.462 e. The normalized spacial score (nSPS) is 28.9. The smallest absolute Gasteiger partial charge is 0.271 e. The zero-order valence-corrected chi connectivity index (χ0v) is 16.3. The molecule has 0 N–H and O–H groups in total. The Morgan fingerprint density at radius 2 is 0.846 bits per heavy atom. The van der Waals surface area contributed by atoms with E-state index in [-0.39, 0.29) is 0 Å². The van der Waals surface area contributed by atoms with Crippen molar-refractivity contribution in [3.63, 3.8) is 0 Å². The molecule has 27 heteroatoms. The standard InChI is InChI=1S/C12F24O3/c13-1(6(19,20)21)3(16,37-10(1,31)32)4(17,8(25,26)27)38-12(35,36)5(18,9(28,29)30)39-11(33,34)2(14,15)7(22,23)24. The molecule has 0 saturated carbocycles. The third kappa shape index (κ3) is 4.48. The molecule has 1 aliphatic heterocycles. The summed E-state index contributed by atoms with van der Waals surface area (Å²) in [4.78, 5) is 0. The van der Waals surface area contributed by atoms with Gasteiger partial charge in [0.2, 0.25) is 0 Å². The van der Waals surface area contributed by atoms with Crippen LogP contribution in [-0.4, -0.2) is 72.2 Å². The molecule has 0 aromatic rings. The van der Waals surface area contributed by atoms with E-state index in [2.05, 4.69) is 0 Å². The van der Waals surface area contributed by atoms with Crippen LogP contribution in [-0.2, 0) is 14.2 Å². The first-order valence-electron chi connectivity index (χ1n) is 8.01. The van der Waals surface area contributed by atoms with Gasteiger partial charge in [0, 0.05) is 0 Å². The average Bonchev–Trinajstić information content (AvgIpc) is 2.61.